The number of nitrogens with one attached hydrogen (secondary N) is 1. The third-order valence-electron chi connectivity index (χ3n) is 4.38. The van der Waals surface area contributed by atoms with Crippen molar-refractivity contribution in [3.05, 3.63) is 82.9 Å². The first-order chi connectivity index (χ1) is 16.5. The average Bonchev–Trinajstić information content (AvgIpc) is 2.85. The molecule has 34 heavy (non-hydrogen) atoms. The number of carbonyl (C=O) groups excluding carboxylic acids is 2. The van der Waals surface area contributed by atoms with Gasteiger partial charge >= 0.3 is 5.97 Å². The summed E-state index contributed by atoms with van der Waals surface area (Å²) in [5, 5.41) is 4.45. The van der Waals surface area contributed by atoms with E-state index >= 15 is 0 Å². The highest BCUT2D eigenvalue weighted by Gasteiger charge is 2.13. The number of hydrogen-bond acceptors (Lipinski definition) is 7. The van der Waals surface area contributed by atoms with Gasteiger partial charge in [-0.1, -0.05) is 11.6 Å². The van der Waals surface area contributed by atoms with E-state index in [0.717, 1.165) is 0 Å². The van der Waals surface area contributed by atoms with E-state index in [9.17, 15) is 9.59 Å². The Morgan fingerprint density at radius 1 is 0.941 bits per heavy atom. The van der Waals surface area contributed by atoms with E-state index in [1.165, 1.54) is 6.21 Å². The molecule has 8 nitrogen and oxygen atoms in total. The molecule has 0 aliphatic rings. The van der Waals surface area contributed by atoms with Crippen molar-refractivity contribution in [1.29, 1.82) is 0 Å². The fourth-order valence-electron chi connectivity index (χ4n) is 2.73. The third-order valence-corrected chi connectivity index (χ3v) is 4.63. The van der Waals surface area contributed by atoms with Gasteiger partial charge in [0.25, 0.3) is 5.91 Å². The van der Waals surface area contributed by atoms with Crippen molar-refractivity contribution in [3.8, 4) is 23.0 Å². The van der Waals surface area contributed by atoms with Crippen molar-refractivity contribution < 1.29 is 28.5 Å². The summed E-state index contributed by atoms with van der Waals surface area (Å²) >= 11 is 5.86. The molecule has 0 aromatic heterocycles. The van der Waals surface area contributed by atoms with E-state index in [2.05, 4.69) is 10.5 Å². The number of carbonyl (C=O) groups is 2. The molecule has 0 spiro atoms. The van der Waals surface area contributed by atoms with Crippen LogP contribution < -0.4 is 24.4 Å². The van der Waals surface area contributed by atoms with Crippen LogP contribution in [0.5, 0.6) is 23.0 Å². The van der Waals surface area contributed by atoms with Crippen LogP contribution >= 0.6 is 11.6 Å². The van der Waals surface area contributed by atoms with Crippen LogP contribution in [0.1, 0.15) is 22.8 Å². The monoisotopic (exact) mass is 482 g/mol. The molecule has 3 aromatic rings. The highest BCUT2D eigenvalue weighted by Crippen LogP contribution is 2.29. The summed E-state index contributed by atoms with van der Waals surface area (Å²) < 4.78 is 21.5. The summed E-state index contributed by atoms with van der Waals surface area (Å²) in [5.74, 6) is 0.885. The first-order valence-electron chi connectivity index (χ1n) is 10.3. The van der Waals surface area contributed by atoms with Crippen LogP contribution in [0.4, 0.5) is 0 Å². The summed E-state index contributed by atoms with van der Waals surface area (Å²) in [6.45, 7) is 1.98. The summed E-state index contributed by atoms with van der Waals surface area (Å²) in [4.78, 5) is 24.4. The van der Waals surface area contributed by atoms with Crippen LogP contribution in [-0.4, -0.2) is 38.4 Å². The SMILES string of the molecule is CCOc1cc(/C=N/NC(=O)COc2ccc(OC)cc2)ccc1OC(=O)c1ccc(Cl)cc1. The highest BCUT2D eigenvalue weighted by molar-refractivity contribution is 6.30. The zero-order chi connectivity index (χ0) is 24.3. The molecule has 176 valence electrons. The molecular weight excluding hydrogens is 460 g/mol. The van der Waals surface area contributed by atoms with Crippen LogP contribution in [0.25, 0.3) is 0 Å². The van der Waals surface area contributed by atoms with Gasteiger partial charge in [0.15, 0.2) is 18.1 Å². The number of methoxy groups -OCH3 is 1. The lowest BCUT2D eigenvalue weighted by molar-refractivity contribution is -0.123. The smallest absolute Gasteiger partial charge is 0.343 e. The van der Waals surface area contributed by atoms with Gasteiger partial charge in [0.1, 0.15) is 11.5 Å². The molecule has 0 fully saturated rings. The summed E-state index contributed by atoms with van der Waals surface area (Å²) in [5.41, 5.74) is 3.38. The Bertz CT molecular complexity index is 1150. The molecule has 1 amide bonds. The van der Waals surface area contributed by atoms with Gasteiger partial charge in [-0.05, 0) is 79.2 Å². The van der Waals surface area contributed by atoms with Gasteiger partial charge in [-0.15, -0.1) is 0 Å². The quantitative estimate of drug-likeness (QED) is 0.198. The van der Waals surface area contributed by atoms with E-state index in [4.69, 9.17) is 30.5 Å². The summed E-state index contributed by atoms with van der Waals surface area (Å²) in [7, 11) is 1.57. The Labute approximate surface area is 202 Å². The van der Waals surface area contributed by atoms with Crippen molar-refractivity contribution in [3.63, 3.8) is 0 Å². The molecule has 0 radical (unpaired) electrons. The Morgan fingerprint density at radius 3 is 2.32 bits per heavy atom. The zero-order valence-electron chi connectivity index (χ0n) is 18.6. The fourth-order valence-corrected chi connectivity index (χ4v) is 2.86. The van der Waals surface area contributed by atoms with E-state index in [0.29, 0.717) is 40.0 Å². The molecule has 0 heterocycles. The molecule has 0 atom stereocenters. The molecular formula is C25H23ClN2O6. The Kier molecular flexibility index (Phi) is 8.88. The number of nitrogens with zero attached hydrogens (tertiary/aromatic N) is 1. The van der Waals surface area contributed by atoms with Gasteiger partial charge in [-0.2, -0.15) is 5.10 Å². The second-order valence-corrected chi connectivity index (χ2v) is 7.23. The Balaban J connectivity index is 1.57. The Morgan fingerprint density at radius 2 is 1.65 bits per heavy atom. The number of rotatable bonds is 10. The second-order valence-electron chi connectivity index (χ2n) is 6.79. The molecule has 3 aromatic carbocycles. The number of halogens is 1. The molecule has 0 saturated heterocycles. The molecule has 9 heteroatoms. The van der Waals surface area contributed by atoms with Gasteiger partial charge in [0.05, 0.1) is 25.5 Å². The van der Waals surface area contributed by atoms with Gasteiger partial charge < -0.3 is 18.9 Å². The largest absolute Gasteiger partial charge is 0.497 e. The minimum absolute atomic E-state index is 0.201. The number of benzene rings is 3. The van der Waals surface area contributed by atoms with Crippen molar-refractivity contribution in [2.75, 3.05) is 20.3 Å². The van der Waals surface area contributed by atoms with Crippen molar-refractivity contribution in [2.45, 2.75) is 6.92 Å². The van der Waals surface area contributed by atoms with Crippen LogP contribution in [-0.2, 0) is 4.79 Å². The van der Waals surface area contributed by atoms with Crippen LogP contribution in [0.15, 0.2) is 71.8 Å². The molecule has 0 unspecified atom stereocenters. The Hall–Kier alpha value is -4.04. The number of esters is 1. The average molecular weight is 483 g/mol. The molecule has 0 aliphatic carbocycles. The number of ether oxygens (including phenoxy) is 4. The third kappa shape index (κ3) is 7.25. The van der Waals surface area contributed by atoms with Crippen molar-refractivity contribution >= 4 is 29.7 Å². The predicted molar refractivity (Wildman–Crippen MR) is 128 cm³/mol. The van der Waals surface area contributed by atoms with E-state index in [-0.39, 0.29) is 12.4 Å². The highest BCUT2D eigenvalue weighted by atomic mass is 35.5. The molecule has 0 bridgehead atoms. The lowest BCUT2D eigenvalue weighted by Crippen LogP contribution is -2.24. The second kappa shape index (κ2) is 12.3. The molecule has 0 aliphatic heterocycles. The first kappa shape index (κ1) is 24.6. The minimum atomic E-state index is -0.539. The minimum Gasteiger partial charge on any atom is -0.497 e. The maximum absolute atomic E-state index is 12.4. The molecule has 3 rings (SSSR count). The topological polar surface area (TPSA) is 95.5 Å². The van der Waals surface area contributed by atoms with Crippen LogP contribution in [0.2, 0.25) is 5.02 Å². The maximum Gasteiger partial charge on any atom is 0.343 e. The summed E-state index contributed by atoms with van der Waals surface area (Å²) in [6.07, 6.45) is 1.44. The van der Waals surface area contributed by atoms with Crippen molar-refractivity contribution in [2.24, 2.45) is 5.10 Å². The van der Waals surface area contributed by atoms with Gasteiger partial charge in [-0.25, -0.2) is 10.2 Å². The van der Waals surface area contributed by atoms with Gasteiger partial charge in [-0.3, -0.25) is 4.79 Å². The van der Waals surface area contributed by atoms with Crippen molar-refractivity contribution in [1.82, 2.24) is 5.43 Å². The van der Waals surface area contributed by atoms with Gasteiger partial charge in [0.2, 0.25) is 0 Å². The number of hydrazone groups is 1. The lowest BCUT2D eigenvalue weighted by atomic mass is 10.2. The zero-order valence-corrected chi connectivity index (χ0v) is 19.4. The van der Waals surface area contributed by atoms with E-state index in [1.807, 2.05) is 6.92 Å². The predicted octanol–water partition coefficient (Wildman–Crippen LogP) is 4.50. The standard InChI is InChI=1S/C25H23ClN2O6/c1-3-32-23-14-17(4-13-22(23)34-25(30)18-5-7-19(26)8-6-18)15-27-28-24(29)16-33-21-11-9-20(31-2)10-12-21/h4-15H,3,16H2,1-2H3,(H,28,29)/b27-15+. The van der Waals surface area contributed by atoms with E-state index < -0.39 is 11.9 Å². The number of hydrogen-bond donors (Lipinski definition) is 1. The van der Waals surface area contributed by atoms with Gasteiger partial charge in [0, 0.05) is 5.02 Å². The molecule has 0 saturated carbocycles. The summed E-state index contributed by atoms with van der Waals surface area (Å²) in [6, 6.07) is 18.2. The lowest BCUT2D eigenvalue weighted by Gasteiger charge is -2.11. The van der Waals surface area contributed by atoms with Crippen LogP contribution in [0.3, 0.4) is 0 Å². The molecule has 1 N–H and O–H groups in total. The maximum atomic E-state index is 12.4. The van der Waals surface area contributed by atoms with E-state index in [1.54, 1.807) is 73.8 Å². The van der Waals surface area contributed by atoms with Crippen LogP contribution in [0, 0.1) is 0 Å². The normalized spacial score (nSPS) is 10.6. The fraction of sp³-hybridized carbons (Fsp3) is 0.160. The first-order valence-corrected chi connectivity index (χ1v) is 10.7. The number of amides is 1.